The Morgan fingerprint density at radius 2 is 1.65 bits per heavy atom. The minimum Gasteiger partial charge on any atom is -0.320 e. The van der Waals surface area contributed by atoms with Gasteiger partial charge in [0.15, 0.2) is 0 Å². The Bertz CT molecular complexity index is 827. The van der Waals surface area contributed by atoms with E-state index in [9.17, 15) is 22.8 Å². The Balaban J connectivity index is 1.83. The number of rotatable bonds is 4. The highest BCUT2D eigenvalue weighted by atomic mass is 19.4. The summed E-state index contributed by atoms with van der Waals surface area (Å²) in [6.45, 7) is 1.47. The molecule has 2 aromatic carbocycles. The number of hydrogen-bond donors (Lipinski definition) is 1. The molecule has 0 aromatic heterocycles. The zero-order valence-electron chi connectivity index (χ0n) is 14.0. The number of nitrogens with one attached hydrogen (secondary N) is 1. The van der Waals surface area contributed by atoms with Crippen molar-refractivity contribution in [3.63, 3.8) is 0 Å². The second-order valence-corrected chi connectivity index (χ2v) is 6.17. The van der Waals surface area contributed by atoms with Gasteiger partial charge in [0.2, 0.25) is 5.91 Å². The van der Waals surface area contributed by atoms with E-state index in [4.69, 9.17) is 0 Å². The van der Waals surface area contributed by atoms with Crippen molar-refractivity contribution in [2.45, 2.75) is 32.0 Å². The molecule has 1 N–H and O–H groups in total. The Morgan fingerprint density at radius 1 is 1.04 bits per heavy atom. The minimum atomic E-state index is -4.45. The molecular weight excluding hydrogens is 345 g/mol. The number of hydrogen-bond acceptors (Lipinski definition) is 2. The molecule has 136 valence electrons. The second kappa shape index (κ2) is 6.82. The second-order valence-electron chi connectivity index (χ2n) is 6.17. The standard InChI is InChI=1S/C19H17F3N2O2/c1-12(25)24(15-10-11-15)17-5-3-2-4-16(17)23-18(26)13-6-8-14(9-7-13)19(20,21)22/h2-9,15H,10-11H2,1H3,(H,23,26). The van der Waals surface area contributed by atoms with Gasteiger partial charge >= 0.3 is 6.18 Å². The Labute approximate surface area is 148 Å². The van der Waals surface area contributed by atoms with Gasteiger partial charge in [-0.05, 0) is 49.2 Å². The molecule has 26 heavy (non-hydrogen) atoms. The lowest BCUT2D eigenvalue weighted by Crippen LogP contribution is -2.31. The monoisotopic (exact) mass is 362 g/mol. The molecule has 0 aliphatic heterocycles. The van der Waals surface area contributed by atoms with Crippen molar-refractivity contribution < 1.29 is 22.8 Å². The summed E-state index contributed by atoms with van der Waals surface area (Å²) in [5.74, 6) is -0.658. The van der Waals surface area contributed by atoms with E-state index in [1.807, 2.05) is 0 Å². The van der Waals surface area contributed by atoms with Gasteiger partial charge in [-0.25, -0.2) is 0 Å². The third kappa shape index (κ3) is 3.87. The summed E-state index contributed by atoms with van der Waals surface area (Å²) in [5, 5.41) is 2.69. The number of amides is 2. The van der Waals surface area contributed by atoms with Crippen LogP contribution in [0.15, 0.2) is 48.5 Å². The van der Waals surface area contributed by atoms with E-state index in [1.54, 1.807) is 29.2 Å². The molecule has 2 aromatic rings. The van der Waals surface area contributed by atoms with Crippen molar-refractivity contribution in [1.29, 1.82) is 0 Å². The summed E-state index contributed by atoms with van der Waals surface area (Å²) in [5.41, 5.74) is 0.321. The maximum atomic E-state index is 12.6. The molecule has 0 heterocycles. The molecule has 1 aliphatic rings. The number of alkyl halides is 3. The highest BCUT2D eigenvalue weighted by Gasteiger charge is 2.33. The summed E-state index contributed by atoms with van der Waals surface area (Å²) in [4.78, 5) is 26.0. The summed E-state index contributed by atoms with van der Waals surface area (Å²) in [7, 11) is 0. The van der Waals surface area contributed by atoms with E-state index in [0.717, 1.165) is 37.1 Å². The van der Waals surface area contributed by atoms with Gasteiger partial charge < -0.3 is 10.2 Å². The van der Waals surface area contributed by atoms with Crippen LogP contribution in [0.5, 0.6) is 0 Å². The molecule has 1 aliphatic carbocycles. The summed E-state index contributed by atoms with van der Waals surface area (Å²) < 4.78 is 37.9. The van der Waals surface area contributed by atoms with E-state index in [2.05, 4.69) is 5.32 Å². The van der Waals surface area contributed by atoms with Crippen molar-refractivity contribution in [2.24, 2.45) is 0 Å². The predicted molar refractivity (Wildman–Crippen MR) is 92.0 cm³/mol. The van der Waals surface area contributed by atoms with E-state index in [0.29, 0.717) is 11.4 Å². The Kier molecular flexibility index (Phi) is 4.71. The summed E-state index contributed by atoms with van der Waals surface area (Å²) in [6, 6.07) is 11.0. The van der Waals surface area contributed by atoms with Crippen LogP contribution in [0, 0.1) is 0 Å². The fourth-order valence-corrected chi connectivity index (χ4v) is 2.75. The van der Waals surface area contributed by atoms with Crippen LogP contribution < -0.4 is 10.2 Å². The van der Waals surface area contributed by atoms with Gasteiger partial charge in [-0.2, -0.15) is 13.2 Å². The average Bonchev–Trinajstić information content (AvgIpc) is 3.40. The van der Waals surface area contributed by atoms with Gasteiger partial charge in [-0.3, -0.25) is 9.59 Å². The van der Waals surface area contributed by atoms with E-state index < -0.39 is 17.6 Å². The van der Waals surface area contributed by atoms with Gasteiger partial charge in [0.1, 0.15) is 0 Å². The van der Waals surface area contributed by atoms with Gasteiger partial charge in [0.25, 0.3) is 5.91 Å². The molecule has 7 heteroatoms. The van der Waals surface area contributed by atoms with Crippen LogP contribution in [0.4, 0.5) is 24.5 Å². The zero-order chi connectivity index (χ0) is 18.9. The molecule has 0 bridgehead atoms. The smallest absolute Gasteiger partial charge is 0.320 e. The van der Waals surface area contributed by atoms with Crippen molar-refractivity contribution >= 4 is 23.2 Å². The maximum absolute atomic E-state index is 12.6. The Hall–Kier alpha value is -2.83. The fourth-order valence-electron chi connectivity index (χ4n) is 2.75. The third-order valence-corrected chi connectivity index (χ3v) is 4.14. The molecule has 0 atom stereocenters. The van der Waals surface area contributed by atoms with Gasteiger partial charge in [0.05, 0.1) is 16.9 Å². The predicted octanol–water partition coefficient (Wildman–Crippen LogP) is 4.47. The van der Waals surface area contributed by atoms with Crippen molar-refractivity contribution in [2.75, 3.05) is 10.2 Å². The quantitative estimate of drug-likeness (QED) is 0.872. The van der Waals surface area contributed by atoms with E-state index in [1.165, 1.54) is 6.92 Å². The van der Waals surface area contributed by atoms with Crippen LogP contribution in [0.25, 0.3) is 0 Å². The largest absolute Gasteiger partial charge is 0.416 e. The average molecular weight is 362 g/mol. The maximum Gasteiger partial charge on any atom is 0.416 e. The van der Waals surface area contributed by atoms with Gasteiger partial charge in [-0.15, -0.1) is 0 Å². The first-order valence-corrected chi connectivity index (χ1v) is 8.15. The number of carbonyl (C=O) groups is 2. The summed E-state index contributed by atoms with van der Waals surface area (Å²) >= 11 is 0. The highest BCUT2D eigenvalue weighted by molar-refractivity contribution is 6.07. The van der Waals surface area contributed by atoms with Gasteiger partial charge in [-0.1, -0.05) is 12.1 Å². The van der Waals surface area contributed by atoms with Crippen LogP contribution in [0.3, 0.4) is 0 Å². The molecule has 4 nitrogen and oxygen atoms in total. The first-order valence-electron chi connectivity index (χ1n) is 8.15. The van der Waals surface area contributed by atoms with Crippen LogP contribution in [-0.2, 0) is 11.0 Å². The fraction of sp³-hybridized carbons (Fsp3) is 0.263. The molecule has 3 rings (SSSR count). The number of anilines is 2. The van der Waals surface area contributed by atoms with Crippen molar-refractivity contribution in [1.82, 2.24) is 0 Å². The van der Waals surface area contributed by atoms with Crippen molar-refractivity contribution in [3.05, 3.63) is 59.7 Å². The first kappa shape index (κ1) is 18.0. The van der Waals surface area contributed by atoms with Crippen LogP contribution >= 0.6 is 0 Å². The molecule has 0 unspecified atom stereocenters. The molecule has 1 fully saturated rings. The lowest BCUT2D eigenvalue weighted by atomic mass is 10.1. The summed E-state index contributed by atoms with van der Waals surface area (Å²) in [6.07, 6.45) is -2.64. The number of para-hydroxylation sites is 2. The topological polar surface area (TPSA) is 49.4 Å². The normalized spacial score (nSPS) is 14.0. The lowest BCUT2D eigenvalue weighted by molar-refractivity contribution is -0.137. The lowest BCUT2D eigenvalue weighted by Gasteiger charge is -2.24. The van der Waals surface area contributed by atoms with Crippen LogP contribution in [0.1, 0.15) is 35.7 Å². The van der Waals surface area contributed by atoms with Gasteiger partial charge in [0, 0.05) is 18.5 Å². The molecule has 0 saturated heterocycles. The third-order valence-electron chi connectivity index (χ3n) is 4.14. The van der Waals surface area contributed by atoms with Crippen LogP contribution in [-0.4, -0.2) is 17.9 Å². The SMILES string of the molecule is CC(=O)N(c1ccccc1NC(=O)c1ccc(C(F)(F)F)cc1)C1CC1. The van der Waals surface area contributed by atoms with Crippen LogP contribution in [0.2, 0.25) is 0 Å². The van der Waals surface area contributed by atoms with E-state index >= 15 is 0 Å². The minimum absolute atomic E-state index is 0.105. The molecule has 0 radical (unpaired) electrons. The number of carbonyl (C=O) groups excluding carboxylic acids is 2. The zero-order valence-corrected chi connectivity index (χ0v) is 14.0. The molecule has 1 saturated carbocycles. The number of benzene rings is 2. The molecule has 2 amide bonds. The number of nitrogens with zero attached hydrogens (tertiary/aromatic N) is 1. The Morgan fingerprint density at radius 3 is 2.19 bits per heavy atom. The van der Waals surface area contributed by atoms with E-state index in [-0.39, 0.29) is 17.5 Å². The molecular formula is C19H17F3N2O2. The molecule has 0 spiro atoms. The van der Waals surface area contributed by atoms with Crippen molar-refractivity contribution in [3.8, 4) is 0 Å². The number of halogens is 3. The highest BCUT2D eigenvalue weighted by Crippen LogP contribution is 2.36. The first-order chi connectivity index (χ1) is 12.3.